The van der Waals surface area contributed by atoms with Crippen LogP contribution < -0.4 is 5.32 Å². The molecule has 3 rings (SSSR count). The minimum absolute atomic E-state index is 0.202. The summed E-state index contributed by atoms with van der Waals surface area (Å²) < 4.78 is 13.1. The molecule has 0 saturated carbocycles. The zero-order valence-corrected chi connectivity index (χ0v) is 13.6. The van der Waals surface area contributed by atoms with Crippen molar-refractivity contribution in [1.82, 2.24) is 10.3 Å². The van der Waals surface area contributed by atoms with Crippen molar-refractivity contribution in [3.8, 4) is 10.6 Å². The van der Waals surface area contributed by atoms with Crippen molar-refractivity contribution in [1.29, 1.82) is 0 Å². The first kappa shape index (κ1) is 14.7. The van der Waals surface area contributed by atoms with Crippen molar-refractivity contribution in [2.24, 2.45) is 5.41 Å². The van der Waals surface area contributed by atoms with Crippen LogP contribution in [-0.4, -0.2) is 11.5 Å². The fraction of sp³-hybridized carbons (Fsp3) is 0.471. The molecule has 112 valence electrons. The van der Waals surface area contributed by atoms with Crippen molar-refractivity contribution in [3.63, 3.8) is 0 Å². The molecule has 0 radical (unpaired) electrons. The lowest BCUT2D eigenvalue weighted by Gasteiger charge is -2.34. The summed E-state index contributed by atoms with van der Waals surface area (Å²) >= 11 is 1.75. The molecule has 21 heavy (non-hydrogen) atoms. The fourth-order valence-corrected chi connectivity index (χ4v) is 4.22. The molecular weight excluding hydrogens is 283 g/mol. The van der Waals surface area contributed by atoms with Crippen molar-refractivity contribution >= 4 is 11.3 Å². The van der Waals surface area contributed by atoms with Crippen LogP contribution in [0.5, 0.6) is 0 Å². The van der Waals surface area contributed by atoms with Crippen LogP contribution in [0.1, 0.15) is 43.8 Å². The van der Waals surface area contributed by atoms with E-state index in [-0.39, 0.29) is 11.2 Å². The van der Waals surface area contributed by atoms with Gasteiger partial charge in [-0.05, 0) is 49.1 Å². The van der Waals surface area contributed by atoms with Crippen LogP contribution in [0.4, 0.5) is 4.39 Å². The molecule has 4 heteroatoms. The monoisotopic (exact) mass is 304 g/mol. The topological polar surface area (TPSA) is 24.9 Å². The van der Waals surface area contributed by atoms with E-state index in [9.17, 15) is 4.39 Å². The molecule has 0 bridgehead atoms. The van der Waals surface area contributed by atoms with Gasteiger partial charge in [-0.15, -0.1) is 11.3 Å². The number of halogens is 1. The van der Waals surface area contributed by atoms with Gasteiger partial charge in [0.25, 0.3) is 0 Å². The van der Waals surface area contributed by atoms with Gasteiger partial charge in [-0.2, -0.15) is 0 Å². The Morgan fingerprint density at radius 1 is 1.33 bits per heavy atom. The van der Waals surface area contributed by atoms with Crippen molar-refractivity contribution < 1.29 is 4.39 Å². The Kier molecular flexibility index (Phi) is 3.84. The fourth-order valence-electron chi connectivity index (χ4n) is 3.06. The molecule has 1 aliphatic rings. The molecule has 0 spiro atoms. The largest absolute Gasteiger partial charge is 0.309 e. The summed E-state index contributed by atoms with van der Waals surface area (Å²) in [6.45, 7) is 7.71. The predicted octanol–water partition coefficient (Wildman–Crippen LogP) is 4.57. The van der Waals surface area contributed by atoms with Gasteiger partial charge in [0.1, 0.15) is 10.8 Å². The number of fused-ring (bicyclic) bond motifs is 1. The minimum Gasteiger partial charge on any atom is -0.309 e. The molecule has 1 aliphatic carbocycles. The van der Waals surface area contributed by atoms with Crippen LogP contribution in [0.15, 0.2) is 24.3 Å². The average Bonchev–Trinajstić information content (AvgIpc) is 2.82. The highest BCUT2D eigenvalue weighted by atomic mass is 32.1. The number of thiazole rings is 1. The second-order valence-corrected chi connectivity index (χ2v) is 7.52. The number of nitrogens with zero attached hydrogens (tertiary/aromatic N) is 1. The van der Waals surface area contributed by atoms with Gasteiger partial charge in [0.15, 0.2) is 0 Å². The summed E-state index contributed by atoms with van der Waals surface area (Å²) in [6.07, 6.45) is 2.15. The van der Waals surface area contributed by atoms with E-state index in [4.69, 9.17) is 4.98 Å². The van der Waals surface area contributed by atoms with Gasteiger partial charge in [-0.1, -0.05) is 20.8 Å². The smallest absolute Gasteiger partial charge is 0.123 e. The Hall–Kier alpha value is -1.26. The molecule has 2 nitrogen and oxygen atoms in total. The molecular formula is C17H21FN2S. The second-order valence-electron chi connectivity index (χ2n) is 6.49. The average molecular weight is 304 g/mol. The third-order valence-corrected chi connectivity index (χ3v) is 5.25. The Bertz CT molecular complexity index is 631. The van der Waals surface area contributed by atoms with Crippen LogP contribution in [0.25, 0.3) is 10.6 Å². The molecule has 1 aromatic heterocycles. The van der Waals surface area contributed by atoms with Gasteiger partial charge in [0, 0.05) is 16.5 Å². The molecule has 0 fully saturated rings. The van der Waals surface area contributed by atoms with Crippen molar-refractivity contribution in [3.05, 3.63) is 40.7 Å². The van der Waals surface area contributed by atoms with Crippen LogP contribution >= 0.6 is 11.3 Å². The molecule has 1 aromatic carbocycles. The van der Waals surface area contributed by atoms with E-state index < -0.39 is 0 Å². The van der Waals surface area contributed by atoms with E-state index in [1.165, 1.54) is 22.7 Å². The number of aromatic nitrogens is 1. The van der Waals surface area contributed by atoms with Gasteiger partial charge < -0.3 is 5.32 Å². The van der Waals surface area contributed by atoms with Crippen LogP contribution in [0.2, 0.25) is 0 Å². The van der Waals surface area contributed by atoms with E-state index in [0.29, 0.717) is 6.04 Å². The summed E-state index contributed by atoms with van der Waals surface area (Å²) in [7, 11) is 0. The Morgan fingerprint density at radius 2 is 2.05 bits per heavy atom. The first-order chi connectivity index (χ1) is 9.98. The van der Waals surface area contributed by atoms with Crippen LogP contribution in [0.3, 0.4) is 0 Å². The highest BCUT2D eigenvalue weighted by Gasteiger charge is 2.34. The van der Waals surface area contributed by atoms with E-state index in [0.717, 1.165) is 30.0 Å². The third-order valence-electron chi connectivity index (χ3n) is 3.99. The van der Waals surface area contributed by atoms with Crippen LogP contribution in [0, 0.1) is 11.2 Å². The van der Waals surface area contributed by atoms with Gasteiger partial charge in [0.05, 0.1) is 5.69 Å². The molecule has 0 aliphatic heterocycles. The lowest BCUT2D eigenvalue weighted by Crippen LogP contribution is -2.32. The highest BCUT2D eigenvalue weighted by molar-refractivity contribution is 7.15. The summed E-state index contributed by atoms with van der Waals surface area (Å²) in [5.41, 5.74) is 2.49. The molecule has 0 saturated heterocycles. The van der Waals surface area contributed by atoms with E-state index in [1.807, 2.05) is 12.1 Å². The van der Waals surface area contributed by atoms with Gasteiger partial charge in [0.2, 0.25) is 0 Å². The molecule has 1 N–H and O–H groups in total. The molecule has 1 heterocycles. The van der Waals surface area contributed by atoms with Gasteiger partial charge in [-0.25, -0.2) is 9.37 Å². The molecule has 2 aromatic rings. The quantitative estimate of drug-likeness (QED) is 0.898. The molecule has 1 atom stereocenters. The first-order valence-electron chi connectivity index (χ1n) is 7.47. The standard InChI is InChI=1S/C17H21FN2S/c1-4-19-13-9-17(2,3)10-14-15(13)21-16(20-14)11-5-7-12(18)8-6-11/h5-8,13,19H,4,9-10H2,1-3H3. The minimum atomic E-state index is -0.202. The maximum absolute atomic E-state index is 13.1. The first-order valence-corrected chi connectivity index (χ1v) is 8.29. The van der Waals surface area contributed by atoms with Crippen molar-refractivity contribution in [2.75, 3.05) is 6.54 Å². The normalized spacial score (nSPS) is 20.3. The van der Waals surface area contributed by atoms with Crippen LogP contribution in [-0.2, 0) is 6.42 Å². The van der Waals surface area contributed by atoms with E-state index in [1.54, 1.807) is 11.3 Å². The number of benzene rings is 1. The van der Waals surface area contributed by atoms with E-state index in [2.05, 4.69) is 26.1 Å². The number of rotatable bonds is 3. The number of hydrogen-bond acceptors (Lipinski definition) is 3. The predicted molar refractivity (Wildman–Crippen MR) is 86.0 cm³/mol. The number of hydrogen-bond donors (Lipinski definition) is 1. The Morgan fingerprint density at radius 3 is 2.71 bits per heavy atom. The summed E-state index contributed by atoms with van der Waals surface area (Å²) in [5, 5.41) is 4.58. The van der Waals surface area contributed by atoms with Gasteiger partial charge >= 0.3 is 0 Å². The Labute approximate surface area is 129 Å². The zero-order valence-electron chi connectivity index (χ0n) is 12.7. The maximum atomic E-state index is 13.1. The zero-order chi connectivity index (χ0) is 15.0. The maximum Gasteiger partial charge on any atom is 0.123 e. The van der Waals surface area contributed by atoms with E-state index >= 15 is 0 Å². The van der Waals surface area contributed by atoms with Crippen molar-refractivity contribution in [2.45, 2.75) is 39.7 Å². The second kappa shape index (κ2) is 5.50. The molecule has 0 amide bonds. The summed E-state index contributed by atoms with van der Waals surface area (Å²) in [6, 6.07) is 7.02. The third kappa shape index (κ3) is 3.01. The SMILES string of the molecule is CCNC1CC(C)(C)Cc2nc(-c3ccc(F)cc3)sc21. The molecule has 1 unspecified atom stereocenters. The van der Waals surface area contributed by atoms with Gasteiger partial charge in [-0.3, -0.25) is 0 Å². The summed E-state index contributed by atoms with van der Waals surface area (Å²) in [5.74, 6) is -0.202. The lowest BCUT2D eigenvalue weighted by atomic mass is 9.76. The summed E-state index contributed by atoms with van der Waals surface area (Å²) in [4.78, 5) is 6.19. The number of nitrogens with one attached hydrogen (secondary N) is 1. The Balaban J connectivity index is 1.99. The highest BCUT2D eigenvalue weighted by Crippen LogP contribution is 2.44. The lowest BCUT2D eigenvalue weighted by molar-refractivity contribution is 0.260.